The second kappa shape index (κ2) is 5.17. The van der Waals surface area contributed by atoms with Crippen molar-refractivity contribution >= 4 is 5.91 Å². The molecule has 20 heavy (non-hydrogen) atoms. The van der Waals surface area contributed by atoms with Gasteiger partial charge in [-0.3, -0.25) is 4.79 Å². The molecule has 0 bridgehead atoms. The third-order valence-corrected chi connectivity index (χ3v) is 4.68. The highest BCUT2D eigenvalue weighted by atomic mass is 19.1. The van der Waals surface area contributed by atoms with Crippen LogP contribution in [0.15, 0.2) is 24.3 Å². The Morgan fingerprint density at radius 1 is 1.35 bits per heavy atom. The van der Waals surface area contributed by atoms with Crippen molar-refractivity contribution in [1.29, 1.82) is 0 Å². The number of hydrogen-bond acceptors (Lipinski definition) is 2. The molecular weight excluding hydrogens is 257 g/mol. The highest BCUT2D eigenvalue weighted by molar-refractivity contribution is 5.83. The Morgan fingerprint density at radius 2 is 2.05 bits per heavy atom. The van der Waals surface area contributed by atoms with E-state index in [0.717, 1.165) is 25.7 Å². The first-order chi connectivity index (χ1) is 9.65. The Hall–Kier alpha value is -1.42. The van der Waals surface area contributed by atoms with Crippen LogP contribution in [-0.2, 0) is 4.79 Å². The molecular formula is C16H20FNO2. The molecule has 3 nitrogen and oxygen atoms in total. The van der Waals surface area contributed by atoms with E-state index in [1.54, 1.807) is 18.2 Å². The minimum absolute atomic E-state index is 0.00414. The van der Waals surface area contributed by atoms with Crippen molar-refractivity contribution in [3.63, 3.8) is 0 Å². The third kappa shape index (κ3) is 2.44. The first-order valence-electron chi connectivity index (χ1n) is 7.32. The summed E-state index contributed by atoms with van der Waals surface area (Å²) in [6.07, 6.45) is 4.47. The lowest BCUT2D eigenvalue weighted by Crippen LogP contribution is -2.49. The van der Waals surface area contributed by atoms with Crippen molar-refractivity contribution in [2.45, 2.75) is 43.6 Å². The van der Waals surface area contributed by atoms with Crippen molar-refractivity contribution in [1.82, 2.24) is 5.32 Å². The fourth-order valence-electron chi connectivity index (χ4n) is 3.33. The van der Waals surface area contributed by atoms with Gasteiger partial charge in [-0.1, -0.05) is 31.0 Å². The van der Waals surface area contributed by atoms with Gasteiger partial charge in [-0.2, -0.15) is 0 Å². The van der Waals surface area contributed by atoms with Gasteiger partial charge >= 0.3 is 0 Å². The number of amides is 1. The second-order valence-corrected chi connectivity index (χ2v) is 6.11. The molecule has 2 aliphatic rings. The Balaban J connectivity index is 1.64. The molecule has 2 atom stereocenters. The monoisotopic (exact) mass is 277 g/mol. The molecule has 0 aliphatic heterocycles. The number of carbonyl (C=O) groups excluding carboxylic acids is 1. The molecule has 4 heteroatoms. The van der Waals surface area contributed by atoms with E-state index in [9.17, 15) is 14.3 Å². The average Bonchev–Trinajstić information content (AvgIpc) is 3.12. The lowest BCUT2D eigenvalue weighted by molar-refractivity contribution is -0.124. The predicted molar refractivity (Wildman–Crippen MR) is 73.7 cm³/mol. The van der Waals surface area contributed by atoms with E-state index >= 15 is 0 Å². The van der Waals surface area contributed by atoms with Gasteiger partial charge in [-0.15, -0.1) is 0 Å². The molecule has 2 saturated carbocycles. The lowest BCUT2D eigenvalue weighted by atomic mass is 9.98. The van der Waals surface area contributed by atoms with Gasteiger partial charge in [0.25, 0.3) is 0 Å². The van der Waals surface area contributed by atoms with Crippen LogP contribution in [0.25, 0.3) is 0 Å². The van der Waals surface area contributed by atoms with E-state index in [4.69, 9.17) is 0 Å². The summed E-state index contributed by atoms with van der Waals surface area (Å²) < 4.78 is 13.7. The van der Waals surface area contributed by atoms with Crippen LogP contribution in [0.3, 0.4) is 0 Å². The van der Waals surface area contributed by atoms with Gasteiger partial charge in [-0.05, 0) is 36.8 Å². The topological polar surface area (TPSA) is 49.3 Å². The number of aliphatic hydroxyl groups is 1. The second-order valence-electron chi connectivity index (χ2n) is 6.11. The van der Waals surface area contributed by atoms with Crippen LogP contribution in [0.2, 0.25) is 0 Å². The summed E-state index contributed by atoms with van der Waals surface area (Å²) in [5.74, 6) is -0.413. The Kier molecular flexibility index (Phi) is 3.50. The summed E-state index contributed by atoms with van der Waals surface area (Å²) in [7, 11) is 0. The van der Waals surface area contributed by atoms with Crippen molar-refractivity contribution < 1.29 is 14.3 Å². The zero-order valence-electron chi connectivity index (χ0n) is 11.4. The van der Waals surface area contributed by atoms with Crippen LogP contribution in [0.1, 0.15) is 43.6 Å². The number of carbonyl (C=O) groups is 1. The van der Waals surface area contributed by atoms with Gasteiger partial charge < -0.3 is 10.4 Å². The molecule has 2 fully saturated rings. The maximum Gasteiger partial charge on any atom is 0.224 e. The zero-order valence-corrected chi connectivity index (χ0v) is 11.4. The minimum Gasteiger partial charge on any atom is -0.394 e. The number of halogens is 1. The normalized spacial score (nSPS) is 27.3. The van der Waals surface area contributed by atoms with Crippen molar-refractivity contribution in [2.75, 3.05) is 6.61 Å². The van der Waals surface area contributed by atoms with Gasteiger partial charge in [0.05, 0.1) is 12.1 Å². The van der Waals surface area contributed by atoms with E-state index in [1.807, 2.05) is 0 Å². The Labute approximate surface area is 118 Å². The molecule has 0 heterocycles. The van der Waals surface area contributed by atoms with E-state index in [1.165, 1.54) is 6.07 Å². The summed E-state index contributed by atoms with van der Waals surface area (Å²) in [5.41, 5.74) is 0.205. The molecule has 0 saturated heterocycles. The Morgan fingerprint density at radius 3 is 2.70 bits per heavy atom. The van der Waals surface area contributed by atoms with Crippen molar-refractivity contribution in [2.24, 2.45) is 5.92 Å². The predicted octanol–water partition coefficient (Wildman–Crippen LogP) is 2.35. The average molecular weight is 277 g/mol. The molecule has 2 N–H and O–H groups in total. The number of benzene rings is 1. The van der Waals surface area contributed by atoms with Crippen LogP contribution in [0.4, 0.5) is 4.39 Å². The van der Waals surface area contributed by atoms with Crippen molar-refractivity contribution in [3.8, 4) is 0 Å². The quantitative estimate of drug-likeness (QED) is 0.887. The molecule has 108 valence electrons. The molecule has 2 unspecified atom stereocenters. The SMILES string of the molecule is O=C(NC1(CO)CCCC1)C1CC1c1ccccc1F. The van der Waals surface area contributed by atoms with Crippen LogP contribution >= 0.6 is 0 Å². The zero-order chi connectivity index (χ0) is 14.2. The first kappa shape index (κ1) is 13.6. The number of nitrogens with one attached hydrogen (secondary N) is 1. The van der Waals surface area contributed by atoms with Crippen LogP contribution in [0, 0.1) is 11.7 Å². The largest absolute Gasteiger partial charge is 0.394 e. The molecule has 1 amide bonds. The van der Waals surface area contributed by atoms with E-state index in [0.29, 0.717) is 12.0 Å². The molecule has 0 radical (unpaired) electrons. The molecule has 1 aromatic rings. The summed E-state index contributed by atoms with van der Waals surface area (Å²) in [6, 6.07) is 6.66. The standard InChI is InChI=1S/C16H20FNO2/c17-14-6-2-1-5-11(14)12-9-13(12)15(20)18-16(10-19)7-3-4-8-16/h1-2,5-6,12-13,19H,3-4,7-10H2,(H,18,20). The van der Waals surface area contributed by atoms with Crippen LogP contribution in [-0.4, -0.2) is 23.2 Å². The van der Waals surface area contributed by atoms with Crippen LogP contribution in [0.5, 0.6) is 0 Å². The van der Waals surface area contributed by atoms with Gasteiger partial charge in [0.15, 0.2) is 0 Å². The summed E-state index contributed by atoms with van der Waals surface area (Å²) >= 11 is 0. The summed E-state index contributed by atoms with van der Waals surface area (Å²) in [5, 5.41) is 12.5. The Bertz CT molecular complexity index is 511. The van der Waals surface area contributed by atoms with Gasteiger partial charge in [0, 0.05) is 5.92 Å². The molecule has 1 aromatic carbocycles. The summed E-state index contributed by atoms with van der Waals surface area (Å²) in [6.45, 7) is -0.00414. The molecule has 2 aliphatic carbocycles. The molecule has 3 rings (SSSR count). The minimum atomic E-state index is -0.431. The lowest BCUT2D eigenvalue weighted by Gasteiger charge is -2.28. The van der Waals surface area contributed by atoms with Crippen molar-refractivity contribution in [3.05, 3.63) is 35.6 Å². The first-order valence-corrected chi connectivity index (χ1v) is 7.32. The highest BCUT2D eigenvalue weighted by Gasteiger charge is 2.47. The van der Waals surface area contributed by atoms with Gasteiger partial charge in [0.1, 0.15) is 5.82 Å². The third-order valence-electron chi connectivity index (χ3n) is 4.68. The highest BCUT2D eigenvalue weighted by Crippen LogP contribution is 2.48. The van der Waals surface area contributed by atoms with E-state index < -0.39 is 5.54 Å². The van der Waals surface area contributed by atoms with Gasteiger partial charge in [-0.25, -0.2) is 4.39 Å². The summed E-state index contributed by atoms with van der Waals surface area (Å²) in [4.78, 5) is 12.3. The molecule has 0 spiro atoms. The number of rotatable bonds is 4. The molecule has 0 aromatic heterocycles. The fourth-order valence-corrected chi connectivity index (χ4v) is 3.33. The number of aliphatic hydroxyl groups excluding tert-OH is 1. The number of hydrogen-bond donors (Lipinski definition) is 2. The van der Waals surface area contributed by atoms with E-state index in [-0.39, 0.29) is 30.2 Å². The fraction of sp³-hybridized carbons (Fsp3) is 0.562. The smallest absolute Gasteiger partial charge is 0.224 e. The maximum absolute atomic E-state index is 13.7. The van der Waals surface area contributed by atoms with Gasteiger partial charge in [0.2, 0.25) is 5.91 Å². The van der Waals surface area contributed by atoms with Crippen LogP contribution < -0.4 is 5.32 Å². The maximum atomic E-state index is 13.7. The van der Waals surface area contributed by atoms with E-state index in [2.05, 4.69) is 5.32 Å².